The number of rotatable bonds is 8. The average Bonchev–Trinajstić information content (AvgIpc) is 3.10. The summed E-state index contributed by atoms with van der Waals surface area (Å²) < 4.78 is 23.9. The molecule has 0 atom stereocenters. The molecule has 3 rings (SSSR count). The van der Waals surface area contributed by atoms with Crippen LogP contribution in [0.4, 0.5) is 0 Å². The fourth-order valence-corrected chi connectivity index (χ4v) is 4.61. The van der Waals surface area contributed by atoms with Crippen molar-refractivity contribution < 1.29 is 28.4 Å². The van der Waals surface area contributed by atoms with E-state index in [1.165, 1.54) is 5.01 Å². The van der Waals surface area contributed by atoms with Gasteiger partial charge in [0.2, 0.25) is 0 Å². The van der Waals surface area contributed by atoms with Crippen LogP contribution in [0.5, 0.6) is 5.75 Å². The number of nitrogens with zero attached hydrogens (tertiary/aromatic N) is 1. The Bertz CT molecular complexity index is 1220. The smallest absolute Gasteiger partial charge is 0.491 e. The van der Waals surface area contributed by atoms with Crippen LogP contribution in [0.25, 0.3) is 0 Å². The topological polar surface area (TPSA) is 86.3 Å². The molecule has 1 aliphatic heterocycles. The molecule has 2 aromatic carbocycles. The van der Waals surface area contributed by atoms with Crippen LogP contribution in [0, 0.1) is 26.2 Å². The van der Waals surface area contributed by atoms with Crippen molar-refractivity contribution in [2.24, 2.45) is 5.41 Å². The van der Waals surface area contributed by atoms with E-state index in [0.29, 0.717) is 41.1 Å². The number of nitrogens with one attached hydrogen (secondary N) is 1. The van der Waals surface area contributed by atoms with Gasteiger partial charge >= 0.3 is 7.12 Å². The second-order valence-electron chi connectivity index (χ2n) is 12.9. The molecule has 0 aromatic heterocycles. The Balaban J connectivity index is 0.00000301. The number of aryl methyl sites for hydroxylation is 2. The minimum atomic E-state index is -0.665. The van der Waals surface area contributed by atoms with Crippen LogP contribution >= 0.6 is 0 Å². The maximum atomic E-state index is 13.7. The van der Waals surface area contributed by atoms with Gasteiger partial charge in [0.05, 0.1) is 17.8 Å². The standard InChI is InChI=1S/C31H45BN2O6.C2H6/c1-20-16-21(2)18-23(17-20)28(36)34(19-29(4,5)6)33-27(35)24-12-13-25(26(22(24)3)38-15-14-37-11)32-39-30(7,8)31(9,10)40-32;1-2/h12-13,16-18H,14-15,19H2,1-11H3,(H,33,35);1-2H3. The zero-order valence-corrected chi connectivity index (χ0v) is 28.0. The highest BCUT2D eigenvalue weighted by molar-refractivity contribution is 6.63. The first-order valence-corrected chi connectivity index (χ1v) is 14.8. The van der Waals surface area contributed by atoms with Crippen molar-refractivity contribution in [2.45, 2.75) is 94.3 Å². The van der Waals surface area contributed by atoms with E-state index >= 15 is 0 Å². The maximum absolute atomic E-state index is 13.7. The Morgan fingerprint density at radius 1 is 0.929 bits per heavy atom. The summed E-state index contributed by atoms with van der Waals surface area (Å²) in [6.45, 7) is 24.7. The van der Waals surface area contributed by atoms with Crippen LogP contribution in [0.2, 0.25) is 0 Å². The molecule has 1 saturated heterocycles. The molecule has 0 bridgehead atoms. The van der Waals surface area contributed by atoms with Crippen LogP contribution in [0.3, 0.4) is 0 Å². The summed E-state index contributed by atoms with van der Waals surface area (Å²) in [6, 6.07) is 9.21. The number of benzene rings is 2. The van der Waals surface area contributed by atoms with E-state index in [4.69, 9.17) is 18.8 Å². The summed E-state index contributed by atoms with van der Waals surface area (Å²) in [4.78, 5) is 27.3. The van der Waals surface area contributed by atoms with Gasteiger partial charge in [-0.2, -0.15) is 0 Å². The van der Waals surface area contributed by atoms with Crippen molar-refractivity contribution in [1.29, 1.82) is 0 Å². The molecule has 42 heavy (non-hydrogen) atoms. The van der Waals surface area contributed by atoms with Gasteiger partial charge in [-0.1, -0.05) is 57.9 Å². The SMILES string of the molecule is CC.COCCOc1c(B2OC(C)(C)C(C)(C)O2)ccc(C(=O)NN(CC(C)(C)C)C(=O)c2cc(C)cc(C)c2)c1C. The Morgan fingerprint density at radius 3 is 1.98 bits per heavy atom. The van der Waals surface area contributed by atoms with Gasteiger partial charge in [-0.25, -0.2) is 5.01 Å². The van der Waals surface area contributed by atoms with Crippen molar-refractivity contribution in [3.8, 4) is 5.75 Å². The fourth-order valence-electron chi connectivity index (χ4n) is 4.61. The lowest BCUT2D eigenvalue weighted by Crippen LogP contribution is -2.50. The normalized spacial score (nSPS) is 15.5. The third-order valence-corrected chi connectivity index (χ3v) is 7.30. The highest BCUT2D eigenvalue weighted by Gasteiger charge is 2.52. The highest BCUT2D eigenvalue weighted by atomic mass is 16.7. The molecule has 0 spiro atoms. The molecular formula is C33H51BN2O6. The largest absolute Gasteiger partial charge is 0.498 e. The lowest BCUT2D eigenvalue weighted by molar-refractivity contribution is 0.00578. The Hall–Kier alpha value is -2.88. The quantitative estimate of drug-likeness (QED) is 0.241. The first-order valence-electron chi connectivity index (χ1n) is 14.8. The second-order valence-corrected chi connectivity index (χ2v) is 12.9. The summed E-state index contributed by atoms with van der Waals surface area (Å²) in [7, 11) is 0.938. The van der Waals surface area contributed by atoms with Crippen molar-refractivity contribution in [3.05, 3.63) is 58.1 Å². The van der Waals surface area contributed by atoms with Crippen LogP contribution in [-0.2, 0) is 14.0 Å². The van der Waals surface area contributed by atoms with Gasteiger partial charge in [0.1, 0.15) is 12.4 Å². The van der Waals surface area contributed by atoms with Gasteiger partial charge in [0, 0.05) is 35.8 Å². The van der Waals surface area contributed by atoms with E-state index in [1.54, 1.807) is 19.2 Å². The third kappa shape index (κ3) is 8.58. The van der Waals surface area contributed by atoms with Crippen molar-refractivity contribution >= 4 is 24.4 Å². The fraction of sp³-hybridized carbons (Fsp3) is 0.576. The van der Waals surface area contributed by atoms with Gasteiger partial charge in [0.15, 0.2) is 0 Å². The zero-order valence-electron chi connectivity index (χ0n) is 28.0. The summed E-state index contributed by atoms with van der Waals surface area (Å²) in [5, 5.41) is 1.41. The Morgan fingerprint density at radius 2 is 1.48 bits per heavy atom. The molecule has 2 amide bonds. The number of methoxy groups -OCH3 is 1. The van der Waals surface area contributed by atoms with Crippen LogP contribution in [-0.4, -0.2) is 62.0 Å². The molecule has 0 unspecified atom stereocenters. The number of amides is 2. The molecule has 1 fully saturated rings. The van der Waals surface area contributed by atoms with E-state index < -0.39 is 24.2 Å². The predicted octanol–water partition coefficient (Wildman–Crippen LogP) is 5.80. The Kier molecular flexibility index (Phi) is 11.8. The van der Waals surface area contributed by atoms with Crippen molar-refractivity contribution in [2.75, 3.05) is 26.9 Å². The molecule has 0 aliphatic carbocycles. The summed E-state index contributed by atoms with van der Waals surface area (Å²) >= 11 is 0. The number of hydrazine groups is 1. The van der Waals surface area contributed by atoms with Crippen LogP contribution in [0.1, 0.15) is 99.7 Å². The maximum Gasteiger partial charge on any atom is 0.498 e. The van der Waals surface area contributed by atoms with Crippen molar-refractivity contribution in [1.82, 2.24) is 10.4 Å². The lowest BCUT2D eigenvalue weighted by Gasteiger charge is -2.32. The average molecular weight is 583 g/mol. The molecule has 8 nitrogen and oxygen atoms in total. The summed E-state index contributed by atoms with van der Waals surface area (Å²) in [5.74, 6) is -0.166. The first kappa shape index (κ1) is 35.3. The van der Waals surface area contributed by atoms with Crippen LogP contribution in [0.15, 0.2) is 30.3 Å². The van der Waals surface area contributed by atoms with E-state index in [9.17, 15) is 9.59 Å². The van der Waals surface area contributed by atoms with E-state index in [2.05, 4.69) is 5.43 Å². The first-order chi connectivity index (χ1) is 19.5. The van der Waals surface area contributed by atoms with Gasteiger partial charge in [0.25, 0.3) is 11.8 Å². The monoisotopic (exact) mass is 582 g/mol. The molecule has 1 aliphatic rings. The van der Waals surface area contributed by atoms with Crippen molar-refractivity contribution in [3.63, 3.8) is 0 Å². The Labute approximate surface area is 253 Å². The molecule has 1 heterocycles. The molecular weight excluding hydrogens is 531 g/mol. The summed E-state index contributed by atoms with van der Waals surface area (Å²) in [5.41, 5.74) is 5.75. The minimum absolute atomic E-state index is 0.258. The number of ether oxygens (including phenoxy) is 2. The van der Waals surface area contributed by atoms with Gasteiger partial charge in [-0.05, 0) is 72.1 Å². The highest BCUT2D eigenvalue weighted by Crippen LogP contribution is 2.37. The van der Waals surface area contributed by atoms with Gasteiger partial charge < -0.3 is 18.8 Å². The molecule has 0 radical (unpaired) electrons. The summed E-state index contributed by atoms with van der Waals surface area (Å²) in [6.07, 6.45) is 0. The van der Waals surface area contributed by atoms with E-state index in [0.717, 1.165) is 11.1 Å². The number of carbonyl (C=O) groups excluding carboxylic acids is 2. The molecule has 1 N–H and O–H groups in total. The second kappa shape index (κ2) is 14.1. The van der Waals surface area contributed by atoms with E-state index in [-0.39, 0.29) is 17.9 Å². The zero-order chi connectivity index (χ0) is 32.0. The molecule has 0 saturated carbocycles. The van der Waals surface area contributed by atoms with Crippen LogP contribution < -0.4 is 15.6 Å². The number of carbonyl (C=O) groups is 2. The van der Waals surface area contributed by atoms with E-state index in [1.807, 2.05) is 101 Å². The predicted molar refractivity (Wildman–Crippen MR) is 169 cm³/mol. The van der Waals surface area contributed by atoms with Gasteiger partial charge in [-0.15, -0.1) is 0 Å². The third-order valence-electron chi connectivity index (χ3n) is 7.30. The number of hydrogen-bond donors (Lipinski definition) is 1. The molecule has 2 aromatic rings. The number of hydrogen-bond acceptors (Lipinski definition) is 6. The minimum Gasteiger partial charge on any atom is -0.491 e. The molecule has 232 valence electrons. The van der Waals surface area contributed by atoms with Gasteiger partial charge in [-0.3, -0.25) is 15.0 Å². The lowest BCUT2D eigenvalue weighted by atomic mass is 9.76. The molecule has 9 heteroatoms.